The topological polar surface area (TPSA) is 50.7 Å². The fraction of sp³-hybridized carbons (Fsp3) is 0.364. The van der Waals surface area contributed by atoms with E-state index in [9.17, 15) is 0 Å². The van der Waals surface area contributed by atoms with Crippen molar-refractivity contribution in [3.8, 4) is 0 Å². The zero-order chi connectivity index (χ0) is 11.4. The van der Waals surface area contributed by atoms with Crippen LogP contribution in [0.4, 0.5) is 5.95 Å². The predicted molar refractivity (Wildman–Crippen MR) is 65.8 cm³/mol. The third kappa shape index (κ3) is 3.00. The summed E-state index contributed by atoms with van der Waals surface area (Å²) in [6.07, 6.45) is 2.67. The molecule has 0 unspecified atom stereocenters. The molecule has 0 fully saturated rings. The largest absolute Gasteiger partial charge is 0.354 e. The van der Waals surface area contributed by atoms with Crippen molar-refractivity contribution in [1.82, 2.24) is 15.0 Å². The van der Waals surface area contributed by atoms with Gasteiger partial charge in [0.25, 0.3) is 0 Å². The van der Waals surface area contributed by atoms with Gasteiger partial charge in [-0.2, -0.15) is 0 Å². The lowest BCUT2D eigenvalue weighted by Crippen LogP contribution is -2.08. The molecule has 0 atom stereocenters. The van der Waals surface area contributed by atoms with Crippen molar-refractivity contribution in [1.29, 1.82) is 0 Å². The molecule has 0 amide bonds. The average molecular weight is 234 g/mol. The molecular weight excluding hydrogens is 220 g/mol. The van der Waals surface area contributed by atoms with Gasteiger partial charge in [0.1, 0.15) is 0 Å². The molecule has 4 nitrogen and oxygen atoms in total. The van der Waals surface area contributed by atoms with Crippen LogP contribution in [-0.4, -0.2) is 21.5 Å². The minimum Gasteiger partial charge on any atom is -0.354 e. The number of hydrogen-bond donors (Lipinski definition) is 1. The summed E-state index contributed by atoms with van der Waals surface area (Å²) in [5.41, 5.74) is 2.06. The molecule has 2 heterocycles. The second-order valence-corrected chi connectivity index (χ2v) is 4.52. The third-order valence-electron chi connectivity index (χ3n) is 2.08. The average Bonchev–Trinajstić information content (AvgIpc) is 2.64. The monoisotopic (exact) mass is 234 g/mol. The number of rotatable bonds is 4. The van der Waals surface area contributed by atoms with Crippen LogP contribution in [-0.2, 0) is 6.42 Å². The standard InChI is InChI=1S/C11H14N4S/c1-8-3-5-12-11(15-8)13-6-4-10-14-9(2)7-16-10/h3,5,7H,4,6H2,1-2H3,(H,12,13,15). The SMILES string of the molecule is Cc1ccnc(NCCc2nc(C)cs2)n1. The fourth-order valence-electron chi connectivity index (χ4n) is 1.33. The summed E-state index contributed by atoms with van der Waals surface area (Å²) in [7, 11) is 0. The van der Waals surface area contributed by atoms with Crippen molar-refractivity contribution in [2.45, 2.75) is 20.3 Å². The summed E-state index contributed by atoms with van der Waals surface area (Å²) in [6, 6.07) is 1.88. The maximum absolute atomic E-state index is 4.40. The first-order valence-electron chi connectivity index (χ1n) is 5.18. The van der Waals surface area contributed by atoms with E-state index in [2.05, 4.69) is 25.6 Å². The van der Waals surface area contributed by atoms with E-state index in [4.69, 9.17) is 0 Å². The molecule has 0 saturated carbocycles. The predicted octanol–water partition coefficient (Wildman–Crippen LogP) is 2.20. The van der Waals surface area contributed by atoms with Crippen LogP contribution in [0.15, 0.2) is 17.6 Å². The van der Waals surface area contributed by atoms with Gasteiger partial charge in [0.2, 0.25) is 5.95 Å². The highest BCUT2D eigenvalue weighted by Gasteiger charge is 1.99. The van der Waals surface area contributed by atoms with E-state index in [1.54, 1.807) is 17.5 Å². The van der Waals surface area contributed by atoms with Gasteiger partial charge in [-0.25, -0.2) is 15.0 Å². The molecule has 2 aromatic heterocycles. The van der Waals surface area contributed by atoms with E-state index < -0.39 is 0 Å². The lowest BCUT2D eigenvalue weighted by molar-refractivity contribution is 0.955. The van der Waals surface area contributed by atoms with E-state index in [0.29, 0.717) is 5.95 Å². The molecule has 0 bridgehead atoms. The van der Waals surface area contributed by atoms with Crippen molar-refractivity contribution in [3.05, 3.63) is 34.0 Å². The van der Waals surface area contributed by atoms with Crippen LogP contribution in [0.25, 0.3) is 0 Å². The number of hydrogen-bond acceptors (Lipinski definition) is 5. The number of nitrogens with zero attached hydrogens (tertiary/aromatic N) is 3. The highest BCUT2D eigenvalue weighted by atomic mass is 32.1. The summed E-state index contributed by atoms with van der Waals surface area (Å²) < 4.78 is 0. The molecule has 5 heteroatoms. The molecule has 2 aromatic rings. The van der Waals surface area contributed by atoms with Gasteiger partial charge in [-0.05, 0) is 19.9 Å². The first kappa shape index (κ1) is 11.0. The number of nitrogens with one attached hydrogen (secondary N) is 1. The van der Waals surface area contributed by atoms with Gasteiger partial charge in [0.05, 0.1) is 5.01 Å². The van der Waals surface area contributed by atoms with Gasteiger partial charge in [-0.15, -0.1) is 11.3 Å². The lowest BCUT2D eigenvalue weighted by Gasteiger charge is -2.03. The Bertz CT molecular complexity index is 467. The second kappa shape index (κ2) is 5.03. The molecule has 1 N–H and O–H groups in total. The van der Waals surface area contributed by atoms with Crippen LogP contribution in [0.3, 0.4) is 0 Å². The van der Waals surface area contributed by atoms with E-state index in [1.807, 2.05) is 19.9 Å². The third-order valence-corrected chi connectivity index (χ3v) is 3.11. The van der Waals surface area contributed by atoms with E-state index in [1.165, 1.54) is 0 Å². The summed E-state index contributed by atoms with van der Waals surface area (Å²) >= 11 is 1.70. The molecule has 0 spiro atoms. The van der Waals surface area contributed by atoms with Gasteiger partial charge in [-0.1, -0.05) is 0 Å². The Morgan fingerprint density at radius 1 is 1.25 bits per heavy atom. The number of aryl methyl sites for hydroxylation is 2. The lowest BCUT2D eigenvalue weighted by atomic mass is 10.4. The Labute approximate surface area is 98.8 Å². The van der Waals surface area contributed by atoms with E-state index in [0.717, 1.165) is 29.4 Å². The summed E-state index contributed by atoms with van der Waals surface area (Å²) in [6.45, 7) is 4.78. The summed E-state index contributed by atoms with van der Waals surface area (Å²) in [5, 5.41) is 6.41. The summed E-state index contributed by atoms with van der Waals surface area (Å²) in [5.74, 6) is 0.688. The maximum atomic E-state index is 4.40. The van der Waals surface area contributed by atoms with Crippen molar-refractivity contribution in [2.75, 3.05) is 11.9 Å². The van der Waals surface area contributed by atoms with Crippen LogP contribution in [0.5, 0.6) is 0 Å². The zero-order valence-electron chi connectivity index (χ0n) is 9.40. The number of thiazole rings is 1. The Kier molecular flexibility index (Phi) is 3.46. The van der Waals surface area contributed by atoms with E-state index in [-0.39, 0.29) is 0 Å². The van der Waals surface area contributed by atoms with Crippen LogP contribution < -0.4 is 5.32 Å². The maximum Gasteiger partial charge on any atom is 0.222 e. The minimum atomic E-state index is 0.688. The second-order valence-electron chi connectivity index (χ2n) is 3.58. The zero-order valence-corrected chi connectivity index (χ0v) is 10.2. The quantitative estimate of drug-likeness (QED) is 0.881. The molecule has 0 aliphatic carbocycles. The van der Waals surface area contributed by atoms with Crippen molar-refractivity contribution in [2.24, 2.45) is 0 Å². The highest BCUT2D eigenvalue weighted by Crippen LogP contribution is 2.09. The van der Waals surface area contributed by atoms with Crippen LogP contribution >= 0.6 is 11.3 Å². The molecule has 84 valence electrons. The first-order chi connectivity index (χ1) is 7.74. The molecule has 0 aromatic carbocycles. The molecule has 0 radical (unpaired) electrons. The highest BCUT2D eigenvalue weighted by molar-refractivity contribution is 7.09. The van der Waals surface area contributed by atoms with Gasteiger partial charge < -0.3 is 5.32 Å². The van der Waals surface area contributed by atoms with E-state index >= 15 is 0 Å². The molecule has 0 aliphatic rings. The normalized spacial score (nSPS) is 10.4. The first-order valence-corrected chi connectivity index (χ1v) is 6.06. The Morgan fingerprint density at radius 3 is 2.81 bits per heavy atom. The van der Waals surface area contributed by atoms with Crippen LogP contribution in [0.2, 0.25) is 0 Å². The van der Waals surface area contributed by atoms with Crippen molar-refractivity contribution >= 4 is 17.3 Å². The molecule has 16 heavy (non-hydrogen) atoms. The molecular formula is C11H14N4S. The Morgan fingerprint density at radius 2 is 2.12 bits per heavy atom. The molecule has 0 saturated heterocycles. The van der Waals surface area contributed by atoms with Gasteiger partial charge in [-0.3, -0.25) is 0 Å². The van der Waals surface area contributed by atoms with Crippen LogP contribution in [0, 0.1) is 13.8 Å². The van der Waals surface area contributed by atoms with Crippen molar-refractivity contribution < 1.29 is 0 Å². The summed E-state index contributed by atoms with van der Waals surface area (Å²) in [4.78, 5) is 12.8. The van der Waals surface area contributed by atoms with Gasteiger partial charge in [0.15, 0.2) is 0 Å². The van der Waals surface area contributed by atoms with Crippen LogP contribution in [0.1, 0.15) is 16.4 Å². The van der Waals surface area contributed by atoms with Gasteiger partial charge >= 0.3 is 0 Å². The fourth-order valence-corrected chi connectivity index (χ4v) is 2.11. The molecule has 0 aliphatic heterocycles. The Hall–Kier alpha value is -1.49. The van der Waals surface area contributed by atoms with Gasteiger partial charge in [0, 0.05) is 35.9 Å². The minimum absolute atomic E-state index is 0.688. The number of anilines is 1. The van der Waals surface area contributed by atoms with Crippen molar-refractivity contribution in [3.63, 3.8) is 0 Å². The Balaban J connectivity index is 1.84. The smallest absolute Gasteiger partial charge is 0.222 e. The molecule has 2 rings (SSSR count). The number of aromatic nitrogens is 3.